The van der Waals surface area contributed by atoms with E-state index >= 15 is 0 Å². The third-order valence-corrected chi connectivity index (χ3v) is 4.82. The van der Waals surface area contributed by atoms with Crippen LogP contribution in [-0.4, -0.2) is 67.0 Å². The number of rotatable bonds is 5. The lowest BCUT2D eigenvalue weighted by Gasteiger charge is -2.22. The van der Waals surface area contributed by atoms with Gasteiger partial charge in [-0.15, -0.1) is 0 Å². The monoisotopic (exact) mass is 371 g/mol. The summed E-state index contributed by atoms with van der Waals surface area (Å²) in [6.45, 7) is 2.37. The molecule has 1 saturated heterocycles. The van der Waals surface area contributed by atoms with Crippen molar-refractivity contribution < 1.29 is 19.1 Å². The van der Waals surface area contributed by atoms with Crippen LogP contribution < -0.4 is 9.47 Å². The van der Waals surface area contributed by atoms with E-state index in [9.17, 15) is 9.59 Å². The first kappa shape index (κ1) is 18.8. The number of nitrogens with zero attached hydrogens (tertiary/aromatic N) is 2. The Balaban J connectivity index is 1.62. The molecule has 144 valence electrons. The van der Waals surface area contributed by atoms with Gasteiger partial charge in [0.15, 0.2) is 0 Å². The van der Waals surface area contributed by atoms with Crippen molar-refractivity contribution in [2.45, 2.75) is 12.8 Å². The van der Waals surface area contributed by atoms with Crippen molar-refractivity contribution >= 4 is 11.8 Å². The maximum Gasteiger partial charge on any atom is 0.255 e. The van der Waals surface area contributed by atoms with Gasteiger partial charge in [-0.25, -0.2) is 0 Å². The lowest BCUT2D eigenvalue weighted by molar-refractivity contribution is -0.130. The first-order valence-corrected chi connectivity index (χ1v) is 9.03. The first-order valence-electron chi connectivity index (χ1n) is 9.03. The number of aromatic nitrogens is 1. The molecule has 0 atom stereocenters. The Morgan fingerprint density at radius 2 is 1.81 bits per heavy atom. The largest absolute Gasteiger partial charge is 0.497 e. The highest BCUT2D eigenvalue weighted by molar-refractivity contribution is 5.94. The lowest BCUT2D eigenvalue weighted by atomic mass is 10.1. The number of nitrogens with one attached hydrogen (secondary N) is 1. The summed E-state index contributed by atoms with van der Waals surface area (Å²) in [6, 6.07) is 7.23. The second-order valence-electron chi connectivity index (χ2n) is 6.48. The number of ether oxygens (including phenoxy) is 2. The highest BCUT2D eigenvalue weighted by Gasteiger charge is 2.23. The fraction of sp³-hybridized carbons (Fsp3) is 0.400. The molecule has 1 aromatic heterocycles. The molecule has 1 aliphatic heterocycles. The third-order valence-electron chi connectivity index (χ3n) is 4.82. The van der Waals surface area contributed by atoms with Crippen LogP contribution in [0.4, 0.5) is 0 Å². The molecule has 2 amide bonds. The highest BCUT2D eigenvalue weighted by Crippen LogP contribution is 2.25. The summed E-state index contributed by atoms with van der Waals surface area (Å²) in [6.07, 6.45) is 4.47. The van der Waals surface area contributed by atoms with Crippen molar-refractivity contribution in [2.75, 3.05) is 40.4 Å². The van der Waals surface area contributed by atoms with Crippen LogP contribution in [0.1, 0.15) is 22.3 Å². The fourth-order valence-electron chi connectivity index (χ4n) is 3.28. The van der Waals surface area contributed by atoms with E-state index in [-0.39, 0.29) is 18.2 Å². The second kappa shape index (κ2) is 8.62. The summed E-state index contributed by atoms with van der Waals surface area (Å²) in [5, 5.41) is 0. The molecule has 2 aromatic rings. The van der Waals surface area contributed by atoms with E-state index in [0.717, 1.165) is 12.0 Å². The molecule has 0 unspecified atom stereocenters. The number of hydrogen-bond acceptors (Lipinski definition) is 4. The summed E-state index contributed by atoms with van der Waals surface area (Å²) < 4.78 is 10.6. The van der Waals surface area contributed by atoms with Crippen LogP contribution in [0, 0.1) is 0 Å². The number of carbonyl (C=O) groups is 2. The molecule has 0 bridgehead atoms. The average molecular weight is 371 g/mol. The average Bonchev–Trinajstić information content (AvgIpc) is 3.12. The van der Waals surface area contributed by atoms with Gasteiger partial charge in [-0.1, -0.05) is 6.07 Å². The van der Waals surface area contributed by atoms with Gasteiger partial charge in [0, 0.05) is 50.2 Å². The highest BCUT2D eigenvalue weighted by atomic mass is 16.5. The number of amides is 2. The van der Waals surface area contributed by atoms with Crippen molar-refractivity contribution in [3.05, 3.63) is 47.8 Å². The van der Waals surface area contributed by atoms with Gasteiger partial charge in [0.25, 0.3) is 5.91 Å². The van der Waals surface area contributed by atoms with Gasteiger partial charge in [0.2, 0.25) is 5.91 Å². The van der Waals surface area contributed by atoms with E-state index in [1.54, 1.807) is 38.7 Å². The molecule has 1 aliphatic rings. The maximum absolute atomic E-state index is 12.8. The van der Waals surface area contributed by atoms with Gasteiger partial charge in [-0.3, -0.25) is 9.59 Å². The van der Waals surface area contributed by atoms with Gasteiger partial charge < -0.3 is 24.3 Å². The molecule has 0 spiro atoms. The van der Waals surface area contributed by atoms with Crippen molar-refractivity contribution in [1.82, 2.24) is 14.8 Å². The Bertz CT molecular complexity index is 789. The number of hydrogen-bond donors (Lipinski definition) is 1. The minimum absolute atomic E-state index is 0.00220. The zero-order chi connectivity index (χ0) is 19.2. The molecule has 2 heterocycles. The Hall–Kier alpha value is -2.96. The molecule has 0 saturated carbocycles. The maximum atomic E-state index is 12.8. The smallest absolute Gasteiger partial charge is 0.255 e. The Labute approximate surface area is 158 Å². The quantitative estimate of drug-likeness (QED) is 0.872. The molecule has 1 N–H and O–H groups in total. The van der Waals surface area contributed by atoms with Crippen LogP contribution in [0.15, 0.2) is 36.7 Å². The predicted octanol–water partition coefficient (Wildman–Crippen LogP) is 1.95. The summed E-state index contributed by atoms with van der Waals surface area (Å²) in [5.41, 5.74) is 1.48. The van der Waals surface area contributed by atoms with Crippen molar-refractivity contribution in [1.29, 1.82) is 0 Å². The number of methoxy groups -OCH3 is 2. The summed E-state index contributed by atoms with van der Waals surface area (Å²) in [4.78, 5) is 31.8. The molecular weight excluding hydrogens is 346 g/mol. The molecule has 7 nitrogen and oxygen atoms in total. The van der Waals surface area contributed by atoms with E-state index in [1.165, 1.54) is 0 Å². The summed E-state index contributed by atoms with van der Waals surface area (Å²) in [5.74, 6) is 1.37. The summed E-state index contributed by atoms with van der Waals surface area (Å²) in [7, 11) is 3.18. The van der Waals surface area contributed by atoms with E-state index in [4.69, 9.17) is 9.47 Å². The predicted molar refractivity (Wildman–Crippen MR) is 101 cm³/mol. The standard InChI is InChI=1S/C20H25N3O4/c1-26-17-5-4-15(18(13-17)27-2)12-19(24)22-8-3-9-23(11-10-22)20(25)16-6-7-21-14-16/h4-7,13-14,21H,3,8-12H2,1-2H3. The normalized spacial score (nSPS) is 14.6. The molecule has 0 aliphatic carbocycles. The topological polar surface area (TPSA) is 74.9 Å². The van der Waals surface area contributed by atoms with Gasteiger partial charge in [0.05, 0.1) is 26.2 Å². The molecule has 27 heavy (non-hydrogen) atoms. The van der Waals surface area contributed by atoms with Crippen LogP contribution in [0.2, 0.25) is 0 Å². The zero-order valence-corrected chi connectivity index (χ0v) is 15.7. The Kier molecular flexibility index (Phi) is 6.01. The van der Waals surface area contributed by atoms with Crippen LogP contribution in [0.25, 0.3) is 0 Å². The van der Waals surface area contributed by atoms with Crippen LogP contribution in [0.3, 0.4) is 0 Å². The van der Waals surface area contributed by atoms with Crippen molar-refractivity contribution in [3.63, 3.8) is 0 Å². The molecule has 3 rings (SSSR count). The van der Waals surface area contributed by atoms with Crippen molar-refractivity contribution in [3.8, 4) is 11.5 Å². The minimum Gasteiger partial charge on any atom is -0.497 e. The van der Waals surface area contributed by atoms with Gasteiger partial charge in [-0.05, 0) is 18.6 Å². The van der Waals surface area contributed by atoms with Crippen LogP contribution in [-0.2, 0) is 11.2 Å². The van der Waals surface area contributed by atoms with Crippen LogP contribution in [0.5, 0.6) is 11.5 Å². The third kappa shape index (κ3) is 4.42. The lowest BCUT2D eigenvalue weighted by Crippen LogP contribution is -2.37. The van der Waals surface area contributed by atoms with E-state index in [0.29, 0.717) is 43.2 Å². The summed E-state index contributed by atoms with van der Waals surface area (Å²) >= 11 is 0. The molecule has 0 radical (unpaired) electrons. The SMILES string of the molecule is COc1ccc(CC(=O)N2CCCN(C(=O)c3cc[nH]c3)CC2)c(OC)c1. The minimum atomic E-state index is 0.00220. The number of aromatic amines is 1. The molecular formula is C20H25N3O4. The molecule has 7 heteroatoms. The number of benzene rings is 1. The Morgan fingerprint density at radius 1 is 1.04 bits per heavy atom. The first-order chi connectivity index (χ1) is 13.1. The second-order valence-corrected chi connectivity index (χ2v) is 6.48. The molecule has 1 aromatic carbocycles. The molecule has 1 fully saturated rings. The van der Waals surface area contributed by atoms with E-state index < -0.39 is 0 Å². The Morgan fingerprint density at radius 3 is 2.52 bits per heavy atom. The van der Waals surface area contributed by atoms with Gasteiger partial charge >= 0.3 is 0 Å². The van der Waals surface area contributed by atoms with Gasteiger partial charge in [-0.2, -0.15) is 0 Å². The van der Waals surface area contributed by atoms with E-state index in [2.05, 4.69) is 4.98 Å². The number of carbonyl (C=O) groups excluding carboxylic acids is 2. The number of H-pyrrole nitrogens is 1. The van der Waals surface area contributed by atoms with Crippen molar-refractivity contribution in [2.24, 2.45) is 0 Å². The van der Waals surface area contributed by atoms with E-state index in [1.807, 2.05) is 21.9 Å². The van der Waals surface area contributed by atoms with Gasteiger partial charge in [0.1, 0.15) is 11.5 Å². The fourth-order valence-corrected chi connectivity index (χ4v) is 3.28. The zero-order valence-electron chi connectivity index (χ0n) is 15.7. The van der Waals surface area contributed by atoms with Crippen LogP contribution >= 0.6 is 0 Å².